The van der Waals surface area contributed by atoms with Gasteiger partial charge in [-0.1, -0.05) is 24.6 Å². The first-order valence-corrected chi connectivity index (χ1v) is 13.1. The summed E-state index contributed by atoms with van der Waals surface area (Å²) in [6, 6.07) is 13.8. The zero-order valence-corrected chi connectivity index (χ0v) is 21.0. The molecule has 0 bridgehead atoms. The third-order valence-corrected chi connectivity index (χ3v) is 7.87. The number of nitrogens with zero attached hydrogens (tertiary/aromatic N) is 4. The molecule has 3 heterocycles. The van der Waals surface area contributed by atoms with Gasteiger partial charge in [0.15, 0.2) is 0 Å². The van der Waals surface area contributed by atoms with Crippen molar-refractivity contribution in [3.63, 3.8) is 0 Å². The van der Waals surface area contributed by atoms with Crippen LogP contribution >= 0.6 is 0 Å². The number of pyridine rings is 1. The highest BCUT2D eigenvalue weighted by Crippen LogP contribution is 2.24. The number of rotatable bonds is 7. The van der Waals surface area contributed by atoms with Gasteiger partial charge in [-0.2, -0.15) is 5.10 Å². The number of aromatic nitrogens is 4. The first-order chi connectivity index (χ1) is 17.8. The summed E-state index contributed by atoms with van der Waals surface area (Å²) in [5.74, 6) is -0.720. The predicted molar refractivity (Wildman–Crippen MR) is 138 cm³/mol. The van der Waals surface area contributed by atoms with Gasteiger partial charge in [0.1, 0.15) is 5.82 Å². The Hall–Kier alpha value is -4.31. The summed E-state index contributed by atoms with van der Waals surface area (Å²) < 4.78 is 42.2. The Labute approximate surface area is 213 Å². The van der Waals surface area contributed by atoms with E-state index in [9.17, 15) is 17.6 Å². The van der Waals surface area contributed by atoms with E-state index in [-0.39, 0.29) is 16.6 Å². The lowest BCUT2D eigenvalue weighted by molar-refractivity contribution is 0.0937. The van der Waals surface area contributed by atoms with Crippen LogP contribution in [0.3, 0.4) is 0 Å². The van der Waals surface area contributed by atoms with Crippen LogP contribution in [-0.4, -0.2) is 33.1 Å². The lowest BCUT2D eigenvalue weighted by atomic mass is 10.1. The maximum Gasteiger partial charge on any atom is 0.267 e. The van der Waals surface area contributed by atoms with Gasteiger partial charge < -0.3 is 5.32 Å². The number of fused-ring (bicyclic) bond motifs is 1. The largest absolute Gasteiger partial charge is 0.345 e. The fourth-order valence-corrected chi connectivity index (χ4v) is 5.35. The van der Waals surface area contributed by atoms with E-state index in [0.717, 1.165) is 9.54 Å². The molecule has 1 atom stereocenters. The van der Waals surface area contributed by atoms with Crippen molar-refractivity contribution in [1.29, 1.82) is 0 Å². The molecule has 2 aromatic carbocycles. The van der Waals surface area contributed by atoms with Crippen LogP contribution in [0, 0.1) is 12.7 Å². The number of nitrogens with one attached hydrogen (secondary N) is 1. The van der Waals surface area contributed by atoms with Crippen LogP contribution in [0.15, 0.2) is 90.5 Å². The van der Waals surface area contributed by atoms with E-state index < -0.39 is 16.1 Å². The lowest BCUT2D eigenvalue weighted by Gasteiger charge is -2.16. The van der Waals surface area contributed by atoms with E-state index >= 15 is 0 Å². The second kappa shape index (κ2) is 9.62. The molecule has 0 spiro atoms. The Morgan fingerprint density at radius 3 is 2.46 bits per heavy atom. The average molecular weight is 518 g/mol. The average Bonchev–Trinajstić information content (AvgIpc) is 3.56. The van der Waals surface area contributed by atoms with Gasteiger partial charge in [0.2, 0.25) is 0 Å². The molecule has 188 valence electrons. The molecular weight excluding hydrogens is 493 g/mol. The van der Waals surface area contributed by atoms with Crippen molar-refractivity contribution in [1.82, 2.24) is 24.1 Å². The van der Waals surface area contributed by atoms with Crippen LogP contribution < -0.4 is 5.32 Å². The van der Waals surface area contributed by atoms with Crippen LogP contribution in [0.25, 0.3) is 16.6 Å². The van der Waals surface area contributed by atoms with Crippen molar-refractivity contribution in [2.45, 2.75) is 31.2 Å². The Morgan fingerprint density at radius 1 is 1.03 bits per heavy atom. The molecule has 3 aromatic heterocycles. The highest BCUT2D eigenvalue weighted by molar-refractivity contribution is 7.90. The summed E-state index contributed by atoms with van der Waals surface area (Å²) in [5.41, 5.74) is 3.19. The van der Waals surface area contributed by atoms with Gasteiger partial charge >= 0.3 is 0 Å². The Morgan fingerprint density at radius 2 is 1.76 bits per heavy atom. The summed E-state index contributed by atoms with van der Waals surface area (Å²) in [6.45, 7) is 3.80. The van der Waals surface area contributed by atoms with E-state index in [1.807, 2.05) is 13.8 Å². The monoisotopic (exact) mass is 517 g/mol. The lowest BCUT2D eigenvalue weighted by Crippen LogP contribution is -2.28. The van der Waals surface area contributed by atoms with Gasteiger partial charge in [-0.05, 0) is 61.4 Å². The molecule has 10 heteroatoms. The molecule has 5 rings (SSSR count). The molecule has 37 heavy (non-hydrogen) atoms. The van der Waals surface area contributed by atoms with Crippen LogP contribution in [0.4, 0.5) is 4.39 Å². The third kappa shape index (κ3) is 4.63. The Kier molecular flexibility index (Phi) is 6.34. The number of benzene rings is 2. The number of hydrogen-bond acceptors (Lipinski definition) is 5. The van der Waals surface area contributed by atoms with E-state index in [4.69, 9.17) is 0 Å². The van der Waals surface area contributed by atoms with Gasteiger partial charge in [-0.25, -0.2) is 21.5 Å². The molecule has 0 aliphatic rings. The molecule has 1 N–H and O–H groups in total. The number of aryl methyl sites for hydroxylation is 1. The van der Waals surface area contributed by atoms with Crippen LogP contribution in [0.5, 0.6) is 0 Å². The number of amides is 1. The summed E-state index contributed by atoms with van der Waals surface area (Å²) in [6.07, 6.45) is 8.17. The first kappa shape index (κ1) is 24.4. The third-order valence-electron chi connectivity index (χ3n) is 6.22. The number of carbonyl (C=O) groups excluding carboxylic acids is 1. The van der Waals surface area contributed by atoms with Gasteiger partial charge in [-0.15, -0.1) is 0 Å². The zero-order valence-electron chi connectivity index (χ0n) is 20.2. The Balaban J connectivity index is 1.41. The number of hydrogen-bond donors (Lipinski definition) is 1. The second-order valence-electron chi connectivity index (χ2n) is 8.68. The summed E-state index contributed by atoms with van der Waals surface area (Å²) in [5, 5.41) is 7.94. The minimum atomic E-state index is -3.75. The summed E-state index contributed by atoms with van der Waals surface area (Å²) in [7, 11) is -3.75. The van der Waals surface area contributed by atoms with Crippen LogP contribution in [0.1, 0.15) is 40.9 Å². The van der Waals surface area contributed by atoms with Gasteiger partial charge in [0.05, 0.1) is 40.1 Å². The molecule has 8 nitrogen and oxygen atoms in total. The summed E-state index contributed by atoms with van der Waals surface area (Å²) >= 11 is 0. The second-order valence-corrected chi connectivity index (χ2v) is 10.5. The maximum absolute atomic E-state index is 13.3. The van der Waals surface area contributed by atoms with E-state index in [1.54, 1.807) is 59.5 Å². The molecule has 5 aromatic rings. The standard InChI is InChI=1S/C27H24FN5O3S/c1-3-25(19-12-13-32(17-19)37(35,36)22-10-4-18(2)5-11-22)31-27(34)24-14-29-16-26-23(24)15-30-33(26)21-8-6-20(28)7-9-21/h4-17,25H,3H2,1-2H3,(H,31,34). The van der Waals surface area contributed by atoms with Gasteiger partial charge in [0.25, 0.3) is 15.9 Å². The van der Waals surface area contributed by atoms with Crippen molar-refractivity contribution in [2.75, 3.05) is 0 Å². The van der Waals surface area contributed by atoms with Crippen molar-refractivity contribution in [2.24, 2.45) is 0 Å². The molecule has 0 saturated heterocycles. The minimum Gasteiger partial charge on any atom is -0.345 e. The molecule has 1 amide bonds. The Bertz CT molecular complexity index is 1690. The highest BCUT2D eigenvalue weighted by Gasteiger charge is 2.22. The molecule has 0 aliphatic carbocycles. The topological polar surface area (TPSA) is 98.9 Å². The summed E-state index contributed by atoms with van der Waals surface area (Å²) in [4.78, 5) is 17.7. The van der Waals surface area contributed by atoms with Gasteiger partial charge in [-0.3, -0.25) is 9.78 Å². The zero-order chi connectivity index (χ0) is 26.2. The van der Waals surface area contributed by atoms with Crippen molar-refractivity contribution >= 4 is 26.8 Å². The quantitative estimate of drug-likeness (QED) is 0.335. The van der Waals surface area contributed by atoms with Crippen molar-refractivity contribution in [3.05, 3.63) is 108 Å². The smallest absolute Gasteiger partial charge is 0.267 e. The molecule has 0 radical (unpaired) electrons. The van der Waals surface area contributed by atoms with Crippen LogP contribution in [-0.2, 0) is 10.0 Å². The first-order valence-electron chi connectivity index (χ1n) is 11.7. The number of carbonyl (C=O) groups is 1. The molecule has 1 unspecified atom stereocenters. The molecular formula is C27H24FN5O3S. The van der Waals surface area contributed by atoms with E-state index in [1.165, 1.54) is 30.7 Å². The fourth-order valence-electron chi connectivity index (χ4n) is 4.15. The maximum atomic E-state index is 13.3. The SMILES string of the molecule is CCC(NC(=O)c1cncc2c1cnn2-c1ccc(F)cc1)c1ccn(S(=O)(=O)c2ccc(C)cc2)c1. The normalized spacial score (nSPS) is 12.5. The van der Waals surface area contributed by atoms with E-state index in [0.29, 0.717) is 34.1 Å². The van der Waals surface area contributed by atoms with Crippen LogP contribution in [0.2, 0.25) is 0 Å². The minimum absolute atomic E-state index is 0.188. The highest BCUT2D eigenvalue weighted by atomic mass is 32.2. The van der Waals surface area contributed by atoms with E-state index in [2.05, 4.69) is 15.4 Å². The van der Waals surface area contributed by atoms with Gasteiger partial charge in [0, 0.05) is 24.0 Å². The molecule has 0 aliphatic heterocycles. The molecule has 0 saturated carbocycles. The van der Waals surface area contributed by atoms with Crippen molar-refractivity contribution < 1.29 is 17.6 Å². The molecule has 0 fully saturated rings. The fraction of sp³-hybridized carbons (Fsp3) is 0.148. The number of halogens is 1. The predicted octanol–water partition coefficient (Wildman–Crippen LogP) is 4.79. The van der Waals surface area contributed by atoms with Crippen molar-refractivity contribution in [3.8, 4) is 5.69 Å².